The van der Waals surface area contributed by atoms with Gasteiger partial charge in [-0.3, -0.25) is 4.79 Å². The summed E-state index contributed by atoms with van der Waals surface area (Å²) in [5.41, 5.74) is 1.58. The minimum absolute atomic E-state index is 0.0275. The molecule has 16 heavy (non-hydrogen) atoms. The van der Waals surface area contributed by atoms with Crippen LogP contribution in [0, 0.1) is 6.92 Å². The summed E-state index contributed by atoms with van der Waals surface area (Å²) in [7, 11) is 3.59. The van der Waals surface area contributed by atoms with Gasteiger partial charge in [0.15, 0.2) is 5.78 Å². The number of aryl methyl sites for hydroxylation is 1. The molecular formula is C12H15NO2S. The van der Waals surface area contributed by atoms with Gasteiger partial charge < -0.3 is 9.64 Å². The van der Waals surface area contributed by atoms with Gasteiger partial charge in [0.2, 0.25) is 0 Å². The Balaban J connectivity index is 3.04. The van der Waals surface area contributed by atoms with E-state index >= 15 is 0 Å². The lowest BCUT2D eigenvalue weighted by atomic mass is 10.1. The summed E-state index contributed by atoms with van der Waals surface area (Å²) in [6.45, 7) is 3.45. The number of ether oxygens (including phenoxy) is 1. The maximum absolute atomic E-state index is 11.4. The Morgan fingerprint density at radius 3 is 2.50 bits per heavy atom. The van der Waals surface area contributed by atoms with Gasteiger partial charge in [0.1, 0.15) is 5.75 Å². The van der Waals surface area contributed by atoms with E-state index in [2.05, 4.69) is 0 Å². The van der Waals surface area contributed by atoms with E-state index in [0.717, 1.165) is 5.56 Å². The average molecular weight is 237 g/mol. The Hall–Kier alpha value is -1.42. The van der Waals surface area contributed by atoms with E-state index in [1.165, 1.54) is 6.92 Å². The highest BCUT2D eigenvalue weighted by Gasteiger charge is 2.11. The lowest BCUT2D eigenvalue weighted by Crippen LogP contribution is -2.25. The zero-order chi connectivity index (χ0) is 12.3. The number of hydrogen-bond donors (Lipinski definition) is 0. The van der Waals surface area contributed by atoms with Crippen LogP contribution in [-0.4, -0.2) is 30.0 Å². The molecule has 0 amide bonds. The fraction of sp³-hybridized carbons (Fsp3) is 0.333. The standard InChI is InChI=1S/C12H15NO2S/c1-8-5-6-11(10(7-8)9(2)14)15-12(16)13(3)4/h5-7H,1-4H3. The molecular weight excluding hydrogens is 222 g/mol. The Morgan fingerprint density at radius 1 is 1.38 bits per heavy atom. The monoisotopic (exact) mass is 237 g/mol. The molecule has 0 heterocycles. The van der Waals surface area contributed by atoms with E-state index in [0.29, 0.717) is 16.5 Å². The first-order chi connectivity index (χ1) is 7.41. The van der Waals surface area contributed by atoms with Gasteiger partial charge in [0.05, 0.1) is 5.56 Å². The van der Waals surface area contributed by atoms with Crippen LogP contribution in [0.1, 0.15) is 22.8 Å². The summed E-state index contributed by atoms with van der Waals surface area (Å²) in [5.74, 6) is 0.483. The predicted octanol–water partition coefficient (Wildman–Crippen LogP) is 2.42. The maximum Gasteiger partial charge on any atom is 0.264 e. The Bertz CT molecular complexity index is 427. The van der Waals surface area contributed by atoms with Crippen molar-refractivity contribution in [1.29, 1.82) is 0 Å². The van der Waals surface area contributed by atoms with Crippen molar-refractivity contribution in [1.82, 2.24) is 4.90 Å². The number of rotatable bonds is 2. The van der Waals surface area contributed by atoms with Crippen molar-refractivity contribution in [2.75, 3.05) is 14.1 Å². The highest BCUT2D eigenvalue weighted by Crippen LogP contribution is 2.21. The van der Waals surface area contributed by atoms with Gasteiger partial charge in [0, 0.05) is 14.1 Å². The third-order valence-corrected chi connectivity index (χ3v) is 2.53. The molecule has 0 N–H and O–H groups in total. The summed E-state index contributed by atoms with van der Waals surface area (Å²) in [6, 6.07) is 5.46. The summed E-state index contributed by atoms with van der Waals surface area (Å²) in [4.78, 5) is 13.1. The van der Waals surface area contributed by atoms with E-state index in [-0.39, 0.29) is 5.78 Å². The van der Waals surface area contributed by atoms with Gasteiger partial charge in [-0.15, -0.1) is 0 Å². The van der Waals surface area contributed by atoms with Gasteiger partial charge in [-0.25, -0.2) is 0 Å². The normalized spacial score (nSPS) is 9.75. The second-order valence-corrected chi connectivity index (χ2v) is 4.17. The fourth-order valence-electron chi connectivity index (χ4n) is 1.19. The second kappa shape index (κ2) is 5.07. The highest BCUT2D eigenvalue weighted by molar-refractivity contribution is 7.80. The topological polar surface area (TPSA) is 29.5 Å². The van der Waals surface area contributed by atoms with Gasteiger partial charge in [-0.1, -0.05) is 11.6 Å². The van der Waals surface area contributed by atoms with Gasteiger partial charge in [0.25, 0.3) is 5.17 Å². The van der Waals surface area contributed by atoms with E-state index < -0.39 is 0 Å². The number of ketones is 1. The molecule has 0 radical (unpaired) electrons. The molecule has 0 aliphatic rings. The molecule has 1 aromatic carbocycles. The highest BCUT2D eigenvalue weighted by atomic mass is 32.1. The molecule has 3 nitrogen and oxygen atoms in total. The molecule has 0 unspecified atom stereocenters. The van der Waals surface area contributed by atoms with E-state index in [1.807, 2.05) is 13.0 Å². The molecule has 0 spiro atoms. The number of hydrogen-bond acceptors (Lipinski definition) is 3. The van der Waals surface area contributed by atoms with Crippen LogP contribution in [0.25, 0.3) is 0 Å². The van der Waals surface area contributed by atoms with Gasteiger partial charge in [-0.05, 0) is 38.2 Å². The first-order valence-electron chi connectivity index (χ1n) is 4.92. The number of carbonyl (C=O) groups excluding carboxylic acids is 1. The molecule has 0 fully saturated rings. The first-order valence-corrected chi connectivity index (χ1v) is 5.33. The van der Waals surface area contributed by atoms with Crippen LogP contribution in [-0.2, 0) is 0 Å². The minimum Gasteiger partial charge on any atom is -0.431 e. The predicted molar refractivity (Wildman–Crippen MR) is 68.1 cm³/mol. The summed E-state index contributed by atoms with van der Waals surface area (Å²) in [5, 5.41) is 0.339. The molecule has 0 saturated carbocycles. The maximum atomic E-state index is 11.4. The fourth-order valence-corrected chi connectivity index (χ4v) is 1.28. The smallest absolute Gasteiger partial charge is 0.264 e. The zero-order valence-corrected chi connectivity index (χ0v) is 10.7. The molecule has 0 aliphatic carbocycles. The number of benzene rings is 1. The molecule has 1 aromatic rings. The Labute approximate surface area is 101 Å². The number of nitrogens with zero attached hydrogens (tertiary/aromatic N) is 1. The third kappa shape index (κ3) is 3.03. The summed E-state index contributed by atoms with van der Waals surface area (Å²) >= 11 is 5.03. The molecule has 0 aromatic heterocycles. The van der Waals surface area contributed by atoms with Crippen LogP contribution < -0.4 is 4.74 Å². The van der Waals surface area contributed by atoms with Crippen molar-refractivity contribution in [2.24, 2.45) is 0 Å². The van der Waals surface area contributed by atoms with E-state index in [4.69, 9.17) is 17.0 Å². The molecule has 1 rings (SSSR count). The van der Waals surface area contributed by atoms with Crippen molar-refractivity contribution in [3.05, 3.63) is 29.3 Å². The largest absolute Gasteiger partial charge is 0.431 e. The van der Waals surface area contributed by atoms with Crippen LogP contribution in [0.5, 0.6) is 5.75 Å². The van der Waals surface area contributed by atoms with E-state index in [1.54, 1.807) is 31.1 Å². The van der Waals surface area contributed by atoms with Crippen molar-refractivity contribution >= 4 is 23.2 Å². The second-order valence-electron chi connectivity index (χ2n) is 3.82. The number of thiocarbonyl (C=S) groups is 1. The molecule has 0 atom stereocenters. The van der Waals surface area contributed by atoms with Crippen LogP contribution >= 0.6 is 12.2 Å². The van der Waals surface area contributed by atoms with Crippen molar-refractivity contribution in [3.8, 4) is 5.75 Å². The quantitative estimate of drug-likeness (QED) is 0.583. The van der Waals surface area contributed by atoms with Gasteiger partial charge in [-0.2, -0.15) is 0 Å². The Kier molecular flexibility index (Phi) is 4.01. The molecule has 0 aliphatic heterocycles. The average Bonchev–Trinajstić information content (AvgIpc) is 2.20. The van der Waals surface area contributed by atoms with Crippen molar-refractivity contribution in [3.63, 3.8) is 0 Å². The minimum atomic E-state index is -0.0275. The third-order valence-electron chi connectivity index (χ3n) is 2.08. The molecule has 4 heteroatoms. The van der Waals surface area contributed by atoms with Crippen LogP contribution in [0.2, 0.25) is 0 Å². The number of Topliss-reactive ketones (excluding diaryl/α,β-unsaturated/α-hetero) is 1. The SMILES string of the molecule is CC(=O)c1cc(C)ccc1OC(=S)N(C)C. The zero-order valence-electron chi connectivity index (χ0n) is 9.90. The lowest BCUT2D eigenvalue weighted by Gasteiger charge is -2.16. The van der Waals surface area contributed by atoms with Crippen LogP contribution in [0.4, 0.5) is 0 Å². The summed E-state index contributed by atoms with van der Waals surface area (Å²) < 4.78 is 5.46. The van der Waals surface area contributed by atoms with Crippen molar-refractivity contribution in [2.45, 2.75) is 13.8 Å². The molecule has 86 valence electrons. The van der Waals surface area contributed by atoms with E-state index in [9.17, 15) is 4.79 Å². The van der Waals surface area contributed by atoms with Crippen LogP contribution in [0.3, 0.4) is 0 Å². The molecule has 0 bridgehead atoms. The van der Waals surface area contributed by atoms with Crippen molar-refractivity contribution < 1.29 is 9.53 Å². The first kappa shape index (κ1) is 12.6. The Morgan fingerprint density at radius 2 is 2.00 bits per heavy atom. The summed E-state index contributed by atoms with van der Waals surface area (Å²) in [6.07, 6.45) is 0. The van der Waals surface area contributed by atoms with Crippen LogP contribution in [0.15, 0.2) is 18.2 Å². The molecule has 0 saturated heterocycles. The van der Waals surface area contributed by atoms with Gasteiger partial charge >= 0.3 is 0 Å². The number of carbonyl (C=O) groups is 1. The lowest BCUT2D eigenvalue weighted by molar-refractivity contribution is 0.101.